The lowest BCUT2D eigenvalue weighted by Gasteiger charge is -2.19. The minimum Gasteiger partial charge on any atom is -0.368 e. The summed E-state index contributed by atoms with van der Waals surface area (Å²) in [5.41, 5.74) is 5.26. The Kier molecular flexibility index (Phi) is 19.0. The summed E-state index contributed by atoms with van der Waals surface area (Å²) in [5, 5.41) is 7.64. The zero-order chi connectivity index (χ0) is 25.8. The normalized spacial score (nSPS) is 12.7. The van der Waals surface area contributed by atoms with E-state index in [1.165, 1.54) is 64.2 Å². The number of hydrogen-bond donors (Lipinski definition) is 4. The third kappa shape index (κ3) is 17.4. The molecule has 0 saturated carbocycles. The molecule has 8 nitrogen and oxygen atoms in total. The van der Waals surface area contributed by atoms with Gasteiger partial charge in [0, 0.05) is 6.42 Å². The first-order valence-electron chi connectivity index (χ1n) is 13.3. The summed E-state index contributed by atoms with van der Waals surface area (Å²) in [6, 6.07) is -1.53. The van der Waals surface area contributed by atoms with Crippen molar-refractivity contribution in [1.29, 1.82) is 0 Å². The quantitative estimate of drug-likeness (QED) is 0.186. The number of primary amides is 1. The van der Waals surface area contributed by atoms with Crippen molar-refractivity contribution in [2.24, 2.45) is 11.7 Å². The molecular weight excluding hydrogens is 432 g/mol. The standard InChI is InChI=1S/C26H50N4O4/c1-5-6-7-8-9-10-11-12-13-14-15-16-17-18-22(31)29-21(4)26(34)28-19-23(32)30-24(20(2)3)25(27)33/h20-21,24H,5-19H2,1-4H3,(H2,27,33)(H,28,34)(H,29,31)(H,30,32). The van der Waals surface area contributed by atoms with Crippen LogP contribution in [0.15, 0.2) is 0 Å². The molecule has 0 aromatic carbocycles. The fourth-order valence-corrected chi connectivity index (χ4v) is 3.79. The molecule has 0 radical (unpaired) electrons. The van der Waals surface area contributed by atoms with Crippen LogP contribution in [0, 0.1) is 5.92 Å². The van der Waals surface area contributed by atoms with Gasteiger partial charge in [-0.25, -0.2) is 0 Å². The van der Waals surface area contributed by atoms with Crippen molar-refractivity contribution in [3.05, 3.63) is 0 Å². The molecule has 0 saturated heterocycles. The van der Waals surface area contributed by atoms with Gasteiger partial charge in [0.25, 0.3) is 0 Å². The highest BCUT2D eigenvalue weighted by atomic mass is 16.2. The summed E-state index contributed by atoms with van der Waals surface area (Å²) in [6.07, 6.45) is 16.6. The lowest BCUT2D eigenvalue weighted by molar-refractivity contribution is -0.131. The van der Waals surface area contributed by atoms with E-state index in [2.05, 4.69) is 22.9 Å². The minimum absolute atomic E-state index is 0.152. The Morgan fingerprint density at radius 2 is 1.15 bits per heavy atom. The molecule has 0 aliphatic rings. The Morgan fingerprint density at radius 1 is 0.676 bits per heavy atom. The van der Waals surface area contributed by atoms with Gasteiger partial charge in [0.05, 0.1) is 6.54 Å². The van der Waals surface area contributed by atoms with E-state index in [9.17, 15) is 19.2 Å². The molecule has 198 valence electrons. The Balaban J connectivity index is 3.78. The van der Waals surface area contributed by atoms with Gasteiger partial charge in [0.15, 0.2) is 0 Å². The third-order valence-electron chi connectivity index (χ3n) is 5.99. The largest absolute Gasteiger partial charge is 0.368 e. The average molecular weight is 483 g/mol. The molecule has 0 fully saturated rings. The number of rotatable bonds is 21. The summed E-state index contributed by atoms with van der Waals surface area (Å²) in [4.78, 5) is 47.5. The number of carbonyl (C=O) groups is 4. The van der Waals surface area contributed by atoms with E-state index < -0.39 is 29.8 Å². The Labute approximate surface area is 206 Å². The Bertz CT molecular complexity index is 595. The van der Waals surface area contributed by atoms with Gasteiger partial charge in [-0.3, -0.25) is 19.2 Å². The molecular formula is C26H50N4O4. The summed E-state index contributed by atoms with van der Waals surface area (Å²) < 4.78 is 0. The molecule has 0 heterocycles. The van der Waals surface area contributed by atoms with Gasteiger partial charge in [-0.1, -0.05) is 97.8 Å². The van der Waals surface area contributed by atoms with Crippen molar-refractivity contribution < 1.29 is 19.2 Å². The fraction of sp³-hybridized carbons (Fsp3) is 0.846. The van der Waals surface area contributed by atoms with Crippen molar-refractivity contribution in [3.63, 3.8) is 0 Å². The molecule has 4 amide bonds. The van der Waals surface area contributed by atoms with Gasteiger partial charge in [-0.05, 0) is 19.3 Å². The zero-order valence-corrected chi connectivity index (χ0v) is 22.0. The van der Waals surface area contributed by atoms with Crippen molar-refractivity contribution in [2.45, 2.75) is 130 Å². The first-order chi connectivity index (χ1) is 16.2. The molecule has 0 aliphatic heterocycles. The van der Waals surface area contributed by atoms with E-state index in [0.29, 0.717) is 6.42 Å². The van der Waals surface area contributed by atoms with Gasteiger partial charge >= 0.3 is 0 Å². The molecule has 2 unspecified atom stereocenters. The molecule has 0 rings (SSSR count). The summed E-state index contributed by atoms with van der Waals surface area (Å²) in [5.74, 6) is -1.89. The van der Waals surface area contributed by atoms with E-state index in [0.717, 1.165) is 19.3 Å². The molecule has 0 spiro atoms. The molecule has 34 heavy (non-hydrogen) atoms. The number of unbranched alkanes of at least 4 members (excludes halogenated alkanes) is 12. The van der Waals surface area contributed by atoms with Crippen LogP contribution >= 0.6 is 0 Å². The van der Waals surface area contributed by atoms with Crippen LogP contribution in [0.25, 0.3) is 0 Å². The molecule has 2 atom stereocenters. The number of nitrogens with two attached hydrogens (primary N) is 1. The second-order valence-electron chi connectivity index (χ2n) is 9.69. The highest BCUT2D eigenvalue weighted by Gasteiger charge is 2.22. The first-order valence-corrected chi connectivity index (χ1v) is 13.3. The van der Waals surface area contributed by atoms with Crippen LogP contribution in [-0.2, 0) is 19.2 Å². The minimum atomic E-state index is -0.790. The van der Waals surface area contributed by atoms with Crippen molar-refractivity contribution in [3.8, 4) is 0 Å². The number of carbonyl (C=O) groups excluding carboxylic acids is 4. The lowest BCUT2D eigenvalue weighted by atomic mass is 10.0. The molecule has 5 N–H and O–H groups in total. The van der Waals surface area contributed by atoms with Crippen molar-refractivity contribution >= 4 is 23.6 Å². The molecule has 8 heteroatoms. The fourth-order valence-electron chi connectivity index (χ4n) is 3.79. The maximum Gasteiger partial charge on any atom is 0.242 e. The van der Waals surface area contributed by atoms with Crippen molar-refractivity contribution in [1.82, 2.24) is 16.0 Å². The second kappa shape index (κ2) is 20.3. The highest BCUT2D eigenvalue weighted by molar-refractivity contribution is 5.92. The number of hydrogen-bond acceptors (Lipinski definition) is 4. The summed E-state index contributed by atoms with van der Waals surface area (Å²) >= 11 is 0. The third-order valence-corrected chi connectivity index (χ3v) is 5.99. The van der Waals surface area contributed by atoms with Gasteiger partial charge in [0.2, 0.25) is 23.6 Å². The van der Waals surface area contributed by atoms with Crippen LogP contribution in [0.4, 0.5) is 0 Å². The van der Waals surface area contributed by atoms with E-state index in [-0.39, 0.29) is 18.4 Å². The molecule has 0 bridgehead atoms. The van der Waals surface area contributed by atoms with Gasteiger partial charge < -0.3 is 21.7 Å². The Hall–Kier alpha value is -2.12. The SMILES string of the molecule is CCCCCCCCCCCCCCCC(=O)NC(C)C(=O)NCC(=O)NC(C(N)=O)C(C)C. The topological polar surface area (TPSA) is 130 Å². The van der Waals surface area contributed by atoms with Crippen LogP contribution < -0.4 is 21.7 Å². The molecule has 0 aromatic heterocycles. The zero-order valence-electron chi connectivity index (χ0n) is 22.0. The average Bonchev–Trinajstić information content (AvgIpc) is 2.78. The van der Waals surface area contributed by atoms with Crippen LogP contribution in [0.5, 0.6) is 0 Å². The van der Waals surface area contributed by atoms with Crippen LogP contribution in [0.1, 0.15) is 118 Å². The van der Waals surface area contributed by atoms with E-state index in [1.54, 1.807) is 20.8 Å². The van der Waals surface area contributed by atoms with Gasteiger partial charge in [0.1, 0.15) is 12.1 Å². The van der Waals surface area contributed by atoms with Gasteiger partial charge in [-0.2, -0.15) is 0 Å². The monoisotopic (exact) mass is 482 g/mol. The molecule has 0 aliphatic carbocycles. The summed E-state index contributed by atoms with van der Waals surface area (Å²) in [7, 11) is 0. The Morgan fingerprint density at radius 3 is 1.59 bits per heavy atom. The predicted octanol–water partition coefficient (Wildman–Crippen LogP) is 3.71. The van der Waals surface area contributed by atoms with Crippen LogP contribution in [0.3, 0.4) is 0 Å². The predicted molar refractivity (Wildman–Crippen MR) is 137 cm³/mol. The maximum absolute atomic E-state index is 12.1. The van der Waals surface area contributed by atoms with Crippen molar-refractivity contribution in [2.75, 3.05) is 6.54 Å². The number of amides is 4. The summed E-state index contributed by atoms with van der Waals surface area (Å²) in [6.45, 7) is 7.07. The second-order valence-corrected chi connectivity index (χ2v) is 9.69. The van der Waals surface area contributed by atoms with E-state index >= 15 is 0 Å². The van der Waals surface area contributed by atoms with Crippen LogP contribution in [-0.4, -0.2) is 42.3 Å². The smallest absolute Gasteiger partial charge is 0.242 e. The maximum atomic E-state index is 12.1. The lowest BCUT2D eigenvalue weighted by Crippen LogP contribution is -2.52. The number of nitrogens with one attached hydrogen (secondary N) is 3. The molecule has 0 aromatic rings. The highest BCUT2D eigenvalue weighted by Crippen LogP contribution is 2.13. The van der Waals surface area contributed by atoms with Gasteiger partial charge in [-0.15, -0.1) is 0 Å². The van der Waals surface area contributed by atoms with E-state index in [4.69, 9.17) is 5.73 Å². The first kappa shape index (κ1) is 31.9. The van der Waals surface area contributed by atoms with Crippen LogP contribution in [0.2, 0.25) is 0 Å². The van der Waals surface area contributed by atoms with E-state index in [1.807, 2.05) is 0 Å².